The minimum absolute atomic E-state index is 0.129. The number of fused-ring (bicyclic) bond motifs is 1. The Hall–Kier alpha value is -2.09. The standard InChI is InChI=1S/C14H17N3O4S/c1-20-12-5-10-11(6-13(12)21-2)15-8-16-14(10)17-9-3-4-22(18,19)7-9/h5-6,8-9H,3-4,7H2,1-2H3,(H,15,16,17). The molecule has 1 unspecified atom stereocenters. The molecule has 0 aliphatic carbocycles. The molecule has 1 N–H and O–H groups in total. The lowest BCUT2D eigenvalue weighted by atomic mass is 10.2. The van der Waals surface area contributed by atoms with Gasteiger partial charge < -0.3 is 14.8 Å². The summed E-state index contributed by atoms with van der Waals surface area (Å²) < 4.78 is 33.7. The minimum Gasteiger partial charge on any atom is -0.493 e. The van der Waals surface area contributed by atoms with E-state index in [4.69, 9.17) is 9.47 Å². The van der Waals surface area contributed by atoms with E-state index in [9.17, 15) is 8.42 Å². The lowest BCUT2D eigenvalue weighted by molar-refractivity contribution is 0.356. The monoisotopic (exact) mass is 323 g/mol. The van der Waals surface area contributed by atoms with Gasteiger partial charge in [0.25, 0.3) is 0 Å². The first-order valence-electron chi connectivity index (χ1n) is 6.86. The van der Waals surface area contributed by atoms with E-state index in [-0.39, 0.29) is 17.5 Å². The third kappa shape index (κ3) is 2.78. The molecule has 0 spiro atoms. The fourth-order valence-electron chi connectivity index (χ4n) is 2.60. The number of benzene rings is 1. The molecule has 7 nitrogen and oxygen atoms in total. The molecular weight excluding hydrogens is 306 g/mol. The van der Waals surface area contributed by atoms with Gasteiger partial charge in [-0.2, -0.15) is 0 Å². The highest BCUT2D eigenvalue weighted by atomic mass is 32.2. The van der Waals surface area contributed by atoms with E-state index in [1.165, 1.54) is 6.33 Å². The van der Waals surface area contributed by atoms with Crippen LogP contribution in [-0.4, -0.2) is 50.2 Å². The number of rotatable bonds is 4. The van der Waals surface area contributed by atoms with Crippen LogP contribution in [0.25, 0.3) is 10.9 Å². The molecular formula is C14H17N3O4S. The van der Waals surface area contributed by atoms with E-state index in [1.54, 1.807) is 26.4 Å². The van der Waals surface area contributed by atoms with Gasteiger partial charge in [0.1, 0.15) is 12.1 Å². The zero-order chi connectivity index (χ0) is 15.7. The number of hydrogen-bond acceptors (Lipinski definition) is 7. The van der Waals surface area contributed by atoms with Crippen LogP contribution in [0.5, 0.6) is 11.5 Å². The number of anilines is 1. The maximum Gasteiger partial charge on any atom is 0.162 e. The Morgan fingerprint density at radius 3 is 2.55 bits per heavy atom. The fourth-order valence-corrected chi connectivity index (χ4v) is 4.27. The maximum atomic E-state index is 11.6. The second-order valence-corrected chi connectivity index (χ2v) is 7.42. The maximum absolute atomic E-state index is 11.6. The molecule has 0 radical (unpaired) electrons. The largest absolute Gasteiger partial charge is 0.493 e. The summed E-state index contributed by atoms with van der Waals surface area (Å²) in [6, 6.07) is 3.43. The average Bonchev–Trinajstić information content (AvgIpc) is 2.85. The van der Waals surface area contributed by atoms with Crippen molar-refractivity contribution in [1.29, 1.82) is 0 Å². The van der Waals surface area contributed by atoms with E-state index >= 15 is 0 Å². The fraction of sp³-hybridized carbons (Fsp3) is 0.429. The summed E-state index contributed by atoms with van der Waals surface area (Å²) in [5.41, 5.74) is 0.705. The van der Waals surface area contributed by atoms with Gasteiger partial charge in [-0.15, -0.1) is 0 Å². The van der Waals surface area contributed by atoms with Gasteiger partial charge in [0.05, 0.1) is 31.2 Å². The van der Waals surface area contributed by atoms with Crippen molar-refractivity contribution in [2.45, 2.75) is 12.5 Å². The SMILES string of the molecule is COc1cc2ncnc(NC3CCS(=O)(=O)C3)c2cc1OC. The molecule has 1 saturated heterocycles. The molecule has 1 aromatic heterocycles. The molecule has 2 aromatic rings. The molecule has 8 heteroatoms. The Balaban J connectivity index is 1.99. The van der Waals surface area contributed by atoms with Crippen molar-refractivity contribution in [2.24, 2.45) is 0 Å². The zero-order valence-corrected chi connectivity index (χ0v) is 13.2. The van der Waals surface area contributed by atoms with Crippen LogP contribution in [0.1, 0.15) is 6.42 Å². The van der Waals surface area contributed by atoms with E-state index in [1.807, 2.05) is 0 Å². The highest BCUT2D eigenvalue weighted by molar-refractivity contribution is 7.91. The van der Waals surface area contributed by atoms with Crippen LogP contribution in [0.2, 0.25) is 0 Å². The van der Waals surface area contributed by atoms with Gasteiger partial charge in [0.2, 0.25) is 0 Å². The lowest BCUT2D eigenvalue weighted by Crippen LogP contribution is -2.21. The highest BCUT2D eigenvalue weighted by Gasteiger charge is 2.28. The van der Waals surface area contributed by atoms with Gasteiger partial charge in [-0.1, -0.05) is 0 Å². The van der Waals surface area contributed by atoms with Crippen molar-refractivity contribution < 1.29 is 17.9 Å². The lowest BCUT2D eigenvalue weighted by Gasteiger charge is -2.15. The Bertz CT molecular complexity index is 807. The normalized spacial score (nSPS) is 20.0. The first kappa shape index (κ1) is 14.8. The number of hydrogen-bond donors (Lipinski definition) is 1. The molecule has 1 aromatic carbocycles. The molecule has 0 bridgehead atoms. The topological polar surface area (TPSA) is 90.4 Å². The van der Waals surface area contributed by atoms with Crippen LogP contribution in [0, 0.1) is 0 Å². The third-order valence-corrected chi connectivity index (χ3v) is 5.48. The van der Waals surface area contributed by atoms with Gasteiger partial charge in [-0.25, -0.2) is 18.4 Å². The molecule has 1 aliphatic rings. The first-order chi connectivity index (χ1) is 10.5. The number of nitrogens with one attached hydrogen (secondary N) is 1. The number of nitrogens with zero attached hydrogens (tertiary/aromatic N) is 2. The van der Waals surface area contributed by atoms with Crippen LogP contribution >= 0.6 is 0 Å². The molecule has 0 saturated carbocycles. The van der Waals surface area contributed by atoms with Crippen LogP contribution in [0.4, 0.5) is 5.82 Å². The van der Waals surface area contributed by atoms with E-state index < -0.39 is 9.84 Å². The summed E-state index contributed by atoms with van der Waals surface area (Å²) in [4.78, 5) is 8.46. The van der Waals surface area contributed by atoms with Gasteiger partial charge in [-0.05, 0) is 12.5 Å². The van der Waals surface area contributed by atoms with Crippen molar-refractivity contribution in [3.8, 4) is 11.5 Å². The molecule has 2 heterocycles. The number of methoxy groups -OCH3 is 2. The van der Waals surface area contributed by atoms with Crippen molar-refractivity contribution in [3.63, 3.8) is 0 Å². The summed E-state index contributed by atoms with van der Waals surface area (Å²) in [5.74, 6) is 2.11. The number of ether oxygens (including phenoxy) is 2. The van der Waals surface area contributed by atoms with Crippen molar-refractivity contribution >= 4 is 26.6 Å². The smallest absolute Gasteiger partial charge is 0.162 e. The second-order valence-electron chi connectivity index (χ2n) is 5.19. The van der Waals surface area contributed by atoms with Gasteiger partial charge in [0.15, 0.2) is 21.3 Å². The quantitative estimate of drug-likeness (QED) is 0.905. The van der Waals surface area contributed by atoms with Crippen LogP contribution in [0.3, 0.4) is 0 Å². The summed E-state index contributed by atoms with van der Waals surface area (Å²) in [6.45, 7) is 0. The Kier molecular flexibility index (Phi) is 3.78. The van der Waals surface area contributed by atoms with Crippen LogP contribution < -0.4 is 14.8 Å². The Morgan fingerprint density at radius 2 is 1.91 bits per heavy atom. The van der Waals surface area contributed by atoms with E-state index in [0.717, 1.165) is 5.39 Å². The molecule has 1 atom stereocenters. The van der Waals surface area contributed by atoms with Crippen molar-refractivity contribution in [2.75, 3.05) is 31.0 Å². The van der Waals surface area contributed by atoms with Crippen LogP contribution in [-0.2, 0) is 9.84 Å². The predicted molar refractivity (Wildman–Crippen MR) is 83.3 cm³/mol. The summed E-state index contributed by atoms with van der Waals surface area (Å²) in [6.07, 6.45) is 2.03. The average molecular weight is 323 g/mol. The van der Waals surface area contributed by atoms with E-state index in [2.05, 4.69) is 15.3 Å². The summed E-state index contributed by atoms with van der Waals surface area (Å²) in [5, 5.41) is 3.97. The molecule has 22 heavy (non-hydrogen) atoms. The highest BCUT2D eigenvalue weighted by Crippen LogP contribution is 2.34. The number of aromatic nitrogens is 2. The molecule has 0 amide bonds. The van der Waals surface area contributed by atoms with Crippen molar-refractivity contribution in [1.82, 2.24) is 9.97 Å². The summed E-state index contributed by atoms with van der Waals surface area (Å²) >= 11 is 0. The zero-order valence-electron chi connectivity index (χ0n) is 12.4. The van der Waals surface area contributed by atoms with Crippen LogP contribution in [0.15, 0.2) is 18.5 Å². The van der Waals surface area contributed by atoms with E-state index in [0.29, 0.717) is 29.3 Å². The Morgan fingerprint density at radius 1 is 1.18 bits per heavy atom. The molecule has 1 aliphatic heterocycles. The molecule has 118 valence electrons. The summed E-state index contributed by atoms with van der Waals surface area (Å²) in [7, 11) is 0.180. The molecule has 3 rings (SSSR count). The first-order valence-corrected chi connectivity index (χ1v) is 8.68. The number of sulfone groups is 1. The van der Waals surface area contributed by atoms with Gasteiger partial charge >= 0.3 is 0 Å². The second kappa shape index (κ2) is 5.60. The van der Waals surface area contributed by atoms with Gasteiger partial charge in [0, 0.05) is 17.5 Å². The predicted octanol–water partition coefficient (Wildman–Crippen LogP) is 1.25. The Labute approximate surface area is 128 Å². The minimum atomic E-state index is -2.94. The third-order valence-electron chi connectivity index (χ3n) is 3.71. The molecule has 1 fully saturated rings. The van der Waals surface area contributed by atoms with Gasteiger partial charge in [-0.3, -0.25) is 0 Å². The van der Waals surface area contributed by atoms with Crippen molar-refractivity contribution in [3.05, 3.63) is 18.5 Å².